The first-order valence-electron chi connectivity index (χ1n) is 5.06. The van der Waals surface area contributed by atoms with E-state index in [1.807, 2.05) is 12.1 Å². The lowest BCUT2D eigenvalue weighted by Gasteiger charge is -1.95. The molecule has 1 aliphatic rings. The van der Waals surface area contributed by atoms with Gasteiger partial charge in [-0.05, 0) is 24.5 Å². The van der Waals surface area contributed by atoms with Crippen molar-refractivity contribution in [2.45, 2.75) is 25.3 Å². The maximum absolute atomic E-state index is 5.66. The third kappa shape index (κ3) is 1.13. The van der Waals surface area contributed by atoms with E-state index < -0.39 is 0 Å². The fourth-order valence-corrected chi connectivity index (χ4v) is 1.83. The smallest absolute Gasteiger partial charge is 0.110 e. The lowest BCUT2D eigenvalue weighted by Crippen LogP contribution is -1.96. The molecule has 72 valence electrons. The van der Waals surface area contributed by atoms with Gasteiger partial charge in [-0.2, -0.15) is 0 Å². The summed E-state index contributed by atoms with van der Waals surface area (Å²) in [5.41, 5.74) is 8.97. The fraction of sp³-hybridized carbons (Fsp3) is 0.364. The summed E-state index contributed by atoms with van der Waals surface area (Å²) < 4.78 is 0. The second-order valence-corrected chi connectivity index (χ2v) is 3.91. The molecule has 14 heavy (non-hydrogen) atoms. The van der Waals surface area contributed by atoms with E-state index in [1.54, 1.807) is 0 Å². The summed E-state index contributed by atoms with van der Waals surface area (Å²) in [6.07, 6.45) is 2.55. The van der Waals surface area contributed by atoms with Gasteiger partial charge < -0.3 is 10.7 Å². The molecule has 0 unspecified atom stereocenters. The van der Waals surface area contributed by atoms with E-state index in [1.165, 1.54) is 12.8 Å². The standard InChI is InChI=1S/C11H13N3/c12-6-8-2-1-3-9-10(8)14-11(13-9)7-4-5-7/h1-3,7H,4-6,12H2,(H,13,14). The minimum absolute atomic E-state index is 0.562. The Morgan fingerprint density at radius 1 is 1.43 bits per heavy atom. The normalized spacial score (nSPS) is 16.4. The van der Waals surface area contributed by atoms with Gasteiger partial charge in [-0.25, -0.2) is 4.98 Å². The van der Waals surface area contributed by atoms with Gasteiger partial charge in [0.25, 0.3) is 0 Å². The molecule has 0 radical (unpaired) electrons. The van der Waals surface area contributed by atoms with E-state index in [4.69, 9.17) is 5.73 Å². The third-order valence-electron chi connectivity index (χ3n) is 2.80. The summed E-state index contributed by atoms with van der Waals surface area (Å²) in [6.45, 7) is 0.562. The predicted octanol–water partition coefficient (Wildman–Crippen LogP) is 1.90. The van der Waals surface area contributed by atoms with E-state index in [9.17, 15) is 0 Å². The molecule has 0 atom stereocenters. The van der Waals surface area contributed by atoms with Gasteiger partial charge in [-0.15, -0.1) is 0 Å². The van der Waals surface area contributed by atoms with Gasteiger partial charge in [-0.3, -0.25) is 0 Å². The summed E-state index contributed by atoms with van der Waals surface area (Å²) in [7, 11) is 0. The van der Waals surface area contributed by atoms with Gasteiger partial charge in [-0.1, -0.05) is 12.1 Å². The van der Waals surface area contributed by atoms with E-state index in [0.29, 0.717) is 12.5 Å². The number of aromatic amines is 1. The van der Waals surface area contributed by atoms with Gasteiger partial charge in [0.2, 0.25) is 0 Å². The molecule has 3 nitrogen and oxygen atoms in total. The number of imidazole rings is 1. The second kappa shape index (κ2) is 2.82. The van der Waals surface area contributed by atoms with Gasteiger partial charge in [0.1, 0.15) is 5.82 Å². The topological polar surface area (TPSA) is 54.7 Å². The summed E-state index contributed by atoms with van der Waals surface area (Å²) in [5, 5.41) is 0. The predicted molar refractivity (Wildman–Crippen MR) is 56.0 cm³/mol. The molecule has 1 saturated carbocycles. The number of nitrogens with two attached hydrogens (primary N) is 1. The van der Waals surface area contributed by atoms with Crippen LogP contribution >= 0.6 is 0 Å². The van der Waals surface area contributed by atoms with Crippen molar-refractivity contribution < 1.29 is 0 Å². The minimum atomic E-state index is 0.562. The van der Waals surface area contributed by atoms with Crippen LogP contribution in [0, 0.1) is 0 Å². The number of hydrogen-bond acceptors (Lipinski definition) is 2. The number of aromatic nitrogens is 2. The largest absolute Gasteiger partial charge is 0.342 e. The SMILES string of the molecule is NCc1cccc2[nH]c(C3CC3)nc12. The Balaban J connectivity index is 2.20. The number of benzene rings is 1. The van der Waals surface area contributed by atoms with E-state index in [0.717, 1.165) is 22.4 Å². The quantitative estimate of drug-likeness (QED) is 0.754. The molecule has 0 saturated heterocycles. The number of nitrogens with zero attached hydrogens (tertiary/aromatic N) is 1. The van der Waals surface area contributed by atoms with Crippen LogP contribution in [0.15, 0.2) is 18.2 Å². The molecular weight excluding hydrogens is 174 g/mol. The number of rotatable bonds is 2. The summed E-state index contributed by atoms with van der Waals surface area (Å²) >= 11 is 0. The molecule has 1 fully saturated rings. The summed E-state index contributed by atoms with van der Waals surface area (Å²) in [4.78, 5) is 7.98. The van der Waals surface area contributed by atoms with Crippen LogP contribution in [0.25, 0.3) is 11.0 Å². The monoisotopic (exact) mass is 187 g/mol. The van der Waals surface area contributed by atoms with Crippen LogP contribution < -0.4 is 5.73 Å². The second-order valence-electron chi connectivity index (χ2n) is 3.91. The highest BCUT2D eigenvalue weighted by molar-refractivity contribution is 5.78. The summed E-state index contributed by atoms with van der Waals surface area (Å²) in [5.74, 6) is 1.81. The Morgan fingerprint density at radius 2 is 2.29 bits per heavy atom. The molecule has 0 bridgehead atoms. The lowest BCUT2D eigenvalue weighted by atomic mass is 10.2. The average molecular weight is 187 g/mol. The first-order chi connectivity index (χ1) is 6.88. The number of hydrogen-bond donors (Lipinski definition) is 2. The van der Waals surface area contributed by atoms with Crippen LogP contribution in [0.1, 0.15) is 30.1 Å². The third-order valence-corrected chi connectivity index (χ3v) is 2.80. The highest BCUT2D eigenvalue weighted by Gasteiger charge is 2.26. The lowest BCUT2D eigenvalue weighted by molar-refractivity contribution is 0.983. The Labute approximate surface area is 82.3 Å². The number of para-hydroxylation sites is 1. The van der Waals surface area contributed by atoms with Gasteiger partial charge in [0, 0.05) is 12.5 Å². The van der Waals surface area contributed by atoms with E-state index in [-0.39, 0.29) is 0 Å². The zero-order valence-corrected chi connectivity index (χ0v) is 7.96. The highest BCUT2D eigenvalue weighted by atomic mass is 14.9. The number of nitrogens with one attached hydrogen (secondary N) is 1. The molecule has 0 amide bonds. The molecule has 1 aromatic carbocycles. The molecule has 0 spiro atoms. The van der Waals surface area contributed by atoms with Crippen LogP contribution in [-0.2, 0) is 6.54 Å². The van der Waals surface area contributed by atoms with Crippen LogP contribution in [-0.4, -0.2) is 9.97 Å². The Hall–Kier alpha value is -1.35. The number of fused-ring (bicyclic) bond motifs is 1. The fourth-order valence-electron chi connectivity index (χ4n) is 1.83. The molecule has 0 aliphatic heterocycles. The zero-order valence-electron chi connectivity index (χ0n) is 7.96. The van der Waals surface area contributed by atoms with Crippen molar-refractivity contribution in [3.63, 3.8) is 0 Å². The molecule has 1 aromatic heterocycles. The Kier molecular flexibility index (Phi) is 1.61. The molecule has 1 aliphatic carbocycles. The molecular formula is C11H13N3. The first kappa shape index (κ1) is 8.00. The van der Waals surface area contributed by atoms with Crippen molar-refractivity contribution in [3.8, 4) is 0 Å². The van der Waals surface area contributed by atoms with Crippen molar-refractivity contribution >= 4 is 11.0 Å². The van der Waals surface area contributed by atoms with E-state index >= 15 is 0 Å². The van der Waals surface area contributed by atoms with Crippen molar-refractivity contribution in [2.24, 2.45) is 5.73 Å². The van der Waals surface area contributed by atoms with Gasteiger partial charge in [0.15, 0.2) is 0 Å². The van der Waals surface area contributed by atoms with Crippen molar-refractivity contribution in [2.75, 3.05) is 0 Å². The van der Waals surface area contributed by atoms with Crippen LogP contribution in [0.4, 0.5) is 0 Å². The van der Waals surface area contributed by atoms with Gasteiger partial charge >= 0.3 is 0 Å². The van der Waals surface area contributed by atoms with E-state index in [2.05, 4.69) is 16.0 Å². The van der Waals surface area contributed by atoms with Crippen molar-refractivity contribution in [3.05, 3.63) is 29.6 Å². The Morgan fingerprint density at radius 3 is 3.00 bits per heavy atom. The van der Waals surface area contributed by atoms with Crippen LogP contribution in [0.3, 0.4) is 0 Å². The Bertz CT molecular complexity index is 468. The van der Waals surface area contributed by atoms with Crippen LogP contribution in [0.5, 0.6) is 0 Å². The average Bonchev–Trinajstić information content (AvgIpc) is 2.97. The van der Waals surface area contributed by atoms with Crippen molar-refractivity contribution in [1.82, 2.24) is 9.97 Å². The molecule has 2 aromatic rings. The van der Waals surface area contributed by atoms with Gasteiger partial charge in [0.05, 0.1) is 11.0 Å². The zero-order chi connectivity index (χ0) is 9.54. The van der Waals surface area contributed by atoms with Crippen LogP contribution in [0.2, 0.25) is 0 Å². The maximum atomic E-state index is 5.66. The number of H-pyrrole nitrogens is 1. The van der Waals surface area contributed by atoms with Crippen molar-refractivity contribution in [1.29, 1.82) is 0 Å². The summed E-state index contributed by atoms with van der Waals surface area (Å²) in [6, 6.07) is 6.13. The molecule has 3 N–H and O–H groups in total. The maximum Gasteiger partial charge on any atom is 0.110 e. The molecule has 3 rings (SSSR count). The highest BCUT2D eigenvalue weighted by Crippen LogP contribution is 2.39. The minimum Gasteiger partial charge on any atom is -0.342 e. The molecule has 1 heterocycles. The first-order valence-corrected chi connectivity index (χ1v) is 5.06. The molecule has 3 heteroatoms.